The van der Waals surface area contributed by atoms with Gasteiger partial charge >= 0.3 is 0 Å². The average Bonchev–Trinajstić information content (AvgIpc) is 3.63. The number of oxime groups is 1. The lowest BCUT2D eigenvalue weighted by Crippen LogP contribution is -2.59. The van der Waals surface area contributed by atoms with Crippen LogP contribution in [-0.4, -0.2) is 89.3 Å². The van der Waals surface area contributed by atoms with Crippen LogP contribution in [-0.2, 0) is 28.8 Å². The number of nitrogens with zero attached hydrogens (tertiary/aromatic N) is 3. The second-order valence-corrected chi connectivity index (χ2v) is 16.4. The Morgan fingerprint density at radius 2 is 1.71 bits per heavy atom. The van der Waals surface area contributed by atoms with Gasteiger partial charge in [-0.2, -0.15) is 0 Å². The molecule has 2 saturated carbocycles. The SMILES string of the molecule is CN(C)C(=O)C(=O)[C@H](CC1CCC1)NC(=O)[C@@H]1C[C@]2(CC(c3cccc(Cl)c3)=NO2)CN1C(=O)[C@@H](NC(=O)CC1CCCCC1)C(C)(C)C. The van der Waals surface area contributed by atoms with E-state index in [2.05, 4.69) is 15.8 Å². The topological polar surface area (TPSA) is 137 Å². The zero-order valence-electron chi connectivity index (χ0n) is 29.6. The Morgan fingerprint density at radius 3 is 2.33 bits per heavy atom. The number of halogens is 1. The highest BCUT2D eigenvalue weighted by Gasteiger charge is 2.56. The van der Waals surface area contributed by atoms with Gasteiger partial charge in [0.05, 0.1) is 18.3 Å². The first kappa shape index (κ1) is 36.8. The molecule has 1 aromatic rings. The predicted octanol–water partition coefficient (Wildman–Crippen LogP) is 4.64. The summed E-state index contributed by atoms with van der Waals surface area (Å²) in [6, 6.07) is 4.32. The van der Waals surface area contributed by atoms with Crippen LogP contribution in [0.1, 0.15) is 103 Å². The van der Waals surface area contributed by atoms with Crippen molar-refractivity contribution in [3.8, 4) is 0 Å². The van der Waals surface area contributed by atoms with Crippen LogP contribution in [0.25, 0.3) is 0 Å². The van der Waals surface area contributed by atoms with Gasteiger partial charge in [0.2, 0.25) is 23.5 Å². The normalized spacial score (nSPS) is 24.0. The number of ketones is 1. The number of rotatable bonds is 11. The summed E-state index contributed by atoms with van der Waals surface area (Å²) in [7, 11) is 3.02. The molecule has 0 unspecified atom stereocenters. The zero-order chi connectivity index (χ0) is 35.5. The van der Waals surface area contributed by atoms with E-state index >= 15 is 0 Å². The van der Waals surface area contributed by atoms with E-state index in [4.69, 9.17) is 16.4 Å². The molecule has 2 heterocycles. The van der Waals surface area contributed by atoms with Crippen molar-refractivity contribution >= 4 is 46.7 Å². The zero-order valence-corrected chi connectivity index (χ0v) is 30.3. The van der Waals surface area contributed by atoms with Crippen LogP contribution >= 0.6 is 11.6 Å². The van der Waals surface area contributed by atoms with Crippen LogP contribution in [0.5, 0.6) is 0 Å². The Morgan fingerprint density at radius 1 is 1.02 bits per heavy atom. The van der Waals surface area contributed by atoms with E-state index < -0.39 is 52.6 Å². The van der Waals surface area contributed by atoms with Crippen LogP contribution in [0.2, 0.25) is 5.02 Å². The first-order valence-electron chi connectivity index (χ1n) is 17.8. The molecule has 49 heavy (non-hydrogen) atoms. The number of carbonyl (C=O) groups excluding carboxylic acids is 5. The van der Waals surface area contributed by atoms with Gasteiger partial charge in [-0.25, -0.2) is 0 Å². The van der Waals surface area contributed by atoms with Gasteiger partial charge in [-0.3, -0.25) is 24.0 Å². The second-order valence-electron chi connectivity index (χ2n) is 15.9. The first-order valence-corrected chi connectivity index (χ1v) is 18.2. The van der Waals surface area contributed by atoms with Gasteiger partial charge in [0.1, 0.15) is 12.1 Å². The minimum Gasteiger partial charge on any atom is -0.387 e. The molecule has 1 aromatic carbocycles. The standard InChI is InChI=1S/C37H52ClN5O6/c1-36(2,3)32(40-30(44)18-24-11-7-6-8-12-24)35(48)43-22-37(20-28(41-49-37)25-15-10-16-26(38)19-25)21-29(43)33(46)39-27(17-23-13-9-14-23)31(45)34(47)42(4)5/h10,15-16,19,23-24,27,29,32H,6-9,11-14,17-18,20-22H2,1-5H3,(H,39,46)(H,40,44)/t27-,29-,32+,37+/m0/s1. The minimum absolute atomic E-state index is 0.0560. The molecule has 4 amide bonds. The maximum Gasteiger partial charge on any atom is 0.291 e. The van der Waals surface area contributed by atoms with Crippen molar-refractivity contribution < 1.29 is 28.8 Å². The third kappa shape index (κ3) is 8.83. The summed E-state index contributed by atoms with van der Waals surface area (Å²) in [4.78, 5) is 77.1. The van der Waals surface area contributed by atoms with Gasteiger partial charge < -0.3 is 25.3 Å². The van der Waals surface area contributed by atoms with Gasteiger partial charge in [-0.1, -0.05) is 88.2 Å². The number of amides is 4. The quantitative estimate of drug-likeness (QED) is 0.324. The molecule has 0 radical (unpaired) electrons. The highest BCUT2D eigenvalue weighted by molar-refractivity contribution is 6.38. The smallest absolute Gasteiger partial charge is 0.291 e. The van der Waals surface area contributed by atoms with Crippen molar-refractivity contribution in [1.82, 2.24) is 20.4 Å². The molecular weight excluding hydrogens is 646 g/mol. The number of likely N-dealkylation sites (N-methyl/N-ethyl adjacent to an activating group) is 1. The number of benzene rings is 1. The molecule has 3 fully saturated rings. The summed E-state index contributed by atoms with van der Waals surface area (Å²) in [5.74, 6) is -1.94. The Kier molecular flexibility index (Phi) is 11.4. The number of Topliss-reactive ketones (excluding diaryl/α,β-unsaturated/α-hetero) is 1. The van der Waals surface area contributed by atoms with Crippen molar-refractivity contribution in [3.05, 3.63) is 34.9 Å². The molecule has 1 spiro atoms. The fraction of sp³-hybridized carbons (Fsp3) is 0.676. The van der Waals surface area contributed by atoms with Gasteiger partial charge in [-0.15, -0.1) is 0 Å². The van der Waals surface area contributed by atoms with Crippen LogP contribution in [0.15, 0.2) is 29.4 Å². The second kappa shape index (κ2) is 15.2. The molecule has 2 aliphatic heterocycles. The molecule has 0 aromatic heterocycles. The Labute approximate surface area is 294 Å². The van der Waals surface area contributed by atoms with E-state index in [0.717, 1.165) is 50.5 Å². The summed E-state index contributed by atoms with van der Waals surface area (Å²) in [6.07, 6.45) is 9.47. The first-order chi connectivity index (χ1) is 23.2. The Hall–Kier alpha value is -3.47. The third-order valence-electron chi connectivity index (χ3n) is 10.6. The van der Waals surface area contributed by atoms with Crippen LogP contribution in [0.3, 0.4) is 0 Å². The summed E-state index contributed by atoms with van der Waals surface area (Å²) in [5.41, 5.74) is -0.239. The average molecular weight is 698 g/mol. The molecule has 2 aliphatic carbocycles. The summed E-state index contributed by atoms with van der Waals surface area (Å²) < 4.78 is 0. The van der Waals surface area contributed by atoms with E-state index in [0.29, 0.717) is 35.9 Å². The molecule has 268 valence electrons. The van der Waals surface area contributed by atoms with Crippen molar-refractivity contribution in [2.24, 2.45) is 22.4 Å². The predicted molar refractivity (Wildman–Crippen MR) is 187 cm³/mol. The molecule has 5 rings (SSSR count). The lowest BCUT2D eigenvalue weighted by atomic mass is 9.80. The Balaban J connectivity index is 1.40. The molecule has 11 nitrogen and oxygen atoms in total. The maximum absolute atomic E-state index is 14.6. The van der Waals surface area contributed by atoms with Crippen molar-refractivity contribution in [3.63, 3.8) is 0 Å². The van der Waals surface area contributed by atoms with Crippen LogP contribution in [0.4, 0.5) is 0 Å². The van der Waals surface area contributed by atoms with Gasteiger partial charge in [-0.05, 0) is 48.6 Å². The van der Waals surface area contributed by atoms with Crippen molar-refractivity contribution in [1.29, 1.82) is 0 Å². The highest BCUT2D eigenvalue weighted by Crippen LogP contribution is 2.40. The fourth-order valence-corrected chi connectivity index (χ4v) is 7.76. The molecule has 2 N–H and O–H groups in total. The van der Waals surface area contributed by atoms with E-state index in [-0.39, 0.29) is 24.8 Å². The number of hydrogen-bond donors (Lipinski definition) is 2. The number of hydrogen-bond acceptors (Lipinski definition) is 7. The van der Waals surface area contributed by atoms with Crippen molar-refractivity contribution in [2.75, 3.05) is 20.6 Å². The maximum atomic E-state index is 14.6. The van der Waals surface area contributed by atoms with E-state index in [1.807, 2.05) is 32.9 Å². The van der Waals surface area contributed by atoms with Gasteiger partial charge in [0.15, 0.2) is 5.60 Å². The van der Waals surface area contributed by atoms with E-state index in [9.17, 15) is 24.0 Å². The van der Waals surface area contributed by atoms with Crippen LogP contribution in [0, 0.1) is 17.3 Å². The van der Waals surface area contributed by atoms with E-state index in [1.54, 1.807) is 12.1 Å². The van der Waals surface area contributed by atoms with Crippen molar-refractivity contribution in [2.45, 2.75) is 122 Å². The molecule has 4 aliphatic rings. The molecule has 12 heteroatoms. The summed E-state index contributed by atoms with van der Waals surface area (Å²) in [6.45, 7) is 5.73. The molecule has 4 atom stereocenters. The fourth-order valence-electron chi connectivity index (χ4n) is 7.57. The molecular formula is C37H52ClN5O6. The number of likely N-dealkylation sites (tertiary alicyclic amines) is 1. The Bertz CT molecular complexity index is 1460. The van der Waals surface area contributed by atoms with Gasteiger partial charge in [0.25, 0.3) is 5.91 Å². The lowest BCUT2D eigenvalue weighted by molar-refractivity contribution is -0.147. The molecule has 0 bridgehead atoms. The lowest BCUT2D eigenvalue weighted by Gasteiger charge is -2.36. The summed E-state index contributed by atoms with van der Waals surface area (Å²) in [5, 5.41) is 10.8. The third-order valence-corrected chi connectivity index (χ3v) is 10.9. The van der Waals surface area contributed by atoms with Crippen LogP contribution < -0.4 is 10.6 Å². The monoisotopic (exact) mass is 697 g/mol. The number of nitrogens with one attached hydrogen (secondary N) is 2. The van der Waals surface area contributed by atoms with E-state index in [1.165, 1.54) is 30.3 Å². The number of carbonyl (C=O) groups is 5. The minimum atomic E-state index is -1.02. The highest BCUT2D eigenvalue weighted by atomic mass is 35.5. The largest absolute Gasteiger partial charge is 0.387 e. The molecule has 1 saturated heterocycles. The van der Waals surface area contributed by atoms with Gasteiger partial charge in [0, 0.05) is 43.9 Å². The summed E-state index contributed by atoms with van der Waals surface area (Å²) >= 11 is 6.26.